The van der Waals surface area contributed by atoms with Crippen molar-refractivity contribution in [1.82, 2.24) is 4.90 Å². The van der Waals surface area contributed by atoms with Crippen molar-refractivity contribution in [2.24, 2.45) is 0 Å². The molecule has 6 heteroatoms. The van der Waals surface area contributed by atoms with Gasteiger partial charge < -0.3 is 19.8 Å². The Morgan fingerprint density at radius 3 is 2.39 bits per heavy atom. The van der Waals surface area contributed by atoms with E-state index >= 15 is 0 Å². The van der Waals surface area contributed by atoms with Crippen LogP contribution >= 0.6 is 0 Å². The number of hydrogen-bond acceptors (Lipinski definition) is 4. The van der Waals surface area contributed by atoms with Gasteiger partial charge in [-0.2, -0.15) is 0 Å². The predicted molar refractivity (Wildman–Crippen MR) is 60.5 cm³/mol. The Labute approximate surface area is 103 Å². The number of aliphatic hydroxyl groups is 2. The molecule has 0 spiro atoms. The number of ether oxygens (including phenoxy) is 1. The van der Waals surface area contributed by atoms with Crippen LogP contribution < -0.4 is 4.74 Å². The van der Waals surface area contributed by atoms with Gasteiger partial charge in [-0.3, -0.25) is 4.79 Å². The molecule has 0 bridgehead atoms. The van der Waals surface area contributed by atoms with Gasteiger partial charge in [-0.1, -0.05) is 0 Å². The lowest BCUT2D eigenvalue weighted by atomic mass is 10.3. The van der Waals surface area contributed by atoms with Crippen LogP contribution in [0.25, 0.3) is 0 Å². The quantitative estimate of drug-likeness (QED) is 0.782. The van der Waals surface area contributed by atoms with Crippen molar-refractivity contribution in [3.63, 3.8) is 0 Å². The van der Waals surface area contributed by atoms with Crippen LogP contribution in [0.3, 0.4) is 0 Å². The van der Waals surface area contributed by atoms with Gasteiger partial charge in [0.25, 0.3) is 5.91 Å². The lowest BCUT2D eigenvalue weighted by Gasteiger charge is -2.15. The summed E-state index contributed by atoms with van der Waals surface area (Å²) in [7, 11) is 0. The van der Waals surface area contributed by atoms with Gasteiger partial charge in [-0.15, -0.1) is 0 Å². The number of aliphatic hydroxyl groups excluding tert-OH is 2. The fourth-order valence-electron chi connectivity index (χ4n) is 1.74. The first-order valence-electron chi connectivity index (χ1n) is 5.58. The first kappa shape index (κ1) is 12.8. The fraction of sp³-hybridized carbons (Fsp3) is 0.417. The zero-order valence-electron chi connectivity index (χ0n) is 9.62. The molecule has 1 aromatic carbocycles. The number of halogens is 1. The molecule has 1 amide bonds. The summed E-state index contributed by atoms with van der Waals surface area (Å²) in [4.78, 5) is 13.0. The van der Waals surface area contributed by atoms with Gasteiger partial charge in [0.1, 0.15) is 11.6 Å². The summed E-state index contributed by atoms with van der Waals surface area (Å²) >= 11 is 0. The summed E-state index contributed by atoms with van der Waals surface area (Å²) in [6.45, 7) is 0.00459. The molecule has 0 radical (unpaired) electrons. The van der Waals surface area contributed by atoms with E-state index in [1.807, 2.05) is 0 Å². The van der Waals surface area contributed by atoms with Crippen molar-refractivity contribution in [2.75, 3.05) is 19.7 Å². The van der Waals surface area contributed by atoms with E-state index in [0.29, 0.717) is 5.75 Å². The second-order valence-electron chi connectivity index (χ2n) is 4.18. The van der Waals surface area contributed by atoms with E-state index in [9.17, 15) is 19.4 Å². The van der Waals surface area contributed by atoms with E-state index in [-0.39, 0.29) is 31.4 Å². The number of β-amino-alcohol motifs (C(OH)–C–C–N with tert-alkyl or cyclic N) is 2. The molecule has 2 unspecified atom stereocenters. The van der Waals surface area contributed by atoms with Gasteiger partial charge in [-0.25, -0.2) is 4.39 Å². The van der Waals surface area contributed by atoms with Crippen LogP contribution in [0.2, 0.25) is 0 Å². The van der Waals surface area contributed by atoms with Crippen LogP contribution in [0.4, 0.5) is 4.39 Å². The van der Waals surface area contributed by atoms with E-state index in [0.717, 1.165) is 0 Å². The Kier molecular flexibility index (Phi) is 3.78. The molecular weight excluding hydrogens is 241 g/mol. The highest BCUT2D eigenvalue weighted by Gasteiger charge is 2.32. The largest absolute Gasteiger partial charge is 0.484 e. The van der Waals surface area contributed by atoms with Gasteiger partial charge in [0, 0.05) is 13.1 Å². The molecule has 1 aromatic rings. The molecule has 98 valence electrons. The number of carbonyl (C=O) groups is 1. The minimum atomic E-state index is -0.903. The van der Waals surface area contributed by atoms with Gasteiger partial charge in [0.2, 0.25) is 0 Å². The molecular formula is C12H14FNO4. The van der Waals surface area contributed by atoms with E-state index in [1.165, 1.54) is 29.2 Å². The van der Waals surface area contributed by atoms with Crippen LogP contribution in [0.5, 0.6) is 5.75 Å². The lowest BCUT2D eigenvalue weighted by Crippen LogP contribution is -2.33. The second kappa shape index (κ2) is 5.32. The molecule has 1 aliphatic heterocycles. The van der Waals surface area contributed by atoms with E-state index in [2.05, 4.69) is 0 Å². The highest BCUT2D eigenvalue weighted by molar-refractivity contribution is 5.78. The van der Waals surface area contributed by atoms with Crippen LogP contribution in [0, 0.1) is 5.82 Å². The topological polar surface area (TPSA) is 70.0 Å². The van der Waals surface area contributed by atoms with Crippen molar-refractivity contribution in [3.8, 4) is 5.75 Å². The molecule has 1 fully saturated rings. The Morgan fingerprint density at radius 1 is 1.28 bits per heavy atom. The van der Waals surface area contributed by atoms with Crippen molar-refractivity contribution in [3.05, 3.63) is 30.1 Å². The van der Waals surface area contributed by atoms with Crippen LogP contribution in [-0.4, -0.2) is 52.9 Å². The summed E-state index contributed by atoms with van der Waals surface area (Å²) in [5.41, 5.74) is 0. The smallest absolute Gasteiger partial charge is 0.260 e. The van der Waals surface area contributed by atoms with Crippen LogP contribution in [0.1, 0.15) is 0 Å². The third kappa shape index (κ3) is 2.96. The minimum Gasteiger partial charge on any atom is -0.484 e. The highest BCUT2D eigenvalue weighted by atomic mass is 19.1. The summed E-state index contributed by atoms with van der Waals surface area (Å²) < 4.78 is 17.8. The Bertz CT molecular complexity index is 413. The van der Waals surface area contributed by atoms with Crippen LogP contribution in [0.15, 0.2) is 24.3 Å². The fourth-order valence-corrected chi connectivity index (χ4v) is 1.74. The zero-order chi connectivity index (χ0) is 13.1. The number of likely N-dealkylation sites (tertiary alicyclic amines) is 1. The molecule has 0 saturated carbocycles. The maximum Gasteiger partial charge on any atom is 0.260 e. The molecule has 2 N–H and O–H groups in total. The third-order valence-electron chi connectivity index (χ3n) is 2.79. The number of amides is 1. The monoisotopic (exact) mass is 255 g/mol. The highest BCUT2D eigenvalue weighted by Crippen LogP contribution is 2.13. The predicted octanol–water partition coefficient (Wildman–Crippen LogP) is -0.231. The van der Waals surface area contributed by atoms with Gasteiger partial charge in [-0.05, 0) is 24.3 Å². The van der Waals surface area contributed by atoms with Crippen molar-refractivity contribution >= 4 is 5.91 Å². The summed E-state index contributed by atoms with van der Waals surface area (Å²) in [5.74, 6) is -0.306. The molecule has 0 aliphatic carbocycles. The SMILES string of the molecule is O=C(COc1ccc(F)cc1)N1CC(O)C(O)C1. The first-order valence-corrected chi connectivity index (χ1v) is 5.58. The number of hydrogen-bond donors (Lipinski definition) is 2. The first-order chi connectivity index (χ1) is 8.56. The molecule has 18 heavy (non-hydrogen) atoms. The molecule has 2 rings (SSSR count). The normalized spacial score (nSPS) is 23.2. The van der Waals surface area contributed by atoms with Crippen LogP contribution in [-0.2, 0) is 4.79 Å². The third-order valence-corrected chi connectivity index (χ3v) is 2.79. The summed E-state index contributed by atoms with van der Waals surface area (Å²) in [5, 5.41) is 18.6. The second-order valence-corrected chi connectivity index (χ2v) is 4.18. The standard InChI is InChI=1S/C12H14FNO4/c13-8-1-3-9(4-2-8)18-7-12(17)14-5-10(15)11(16)6-14/h1-4,10-11,15-16H,5-7H2. The van der Waals surface area contributed by atoms with Gasteiger partial charge >= 0.3 is 0 Å². The number of benzene rings is 1. The average Bonchev–Trinajstić information content (AvgIpc) is 2.69. The zero-order valence-corrected chi connectivity index (χ0v) is 9.62. The van der Waals surface area contributed by atoms with E-state index < -0.39 is 12.2 Å². The summed E-state index contributed by atoms with van der Waals surface area (Å²) in [6.07, 6.45) is -1.81. The average molecular weight is 255 g/mol. The van der Waals surface area contributed by atoms with E-state index in [4.69, 9.17) is 4.74 Å². The Hall–Kier alpha value is -1.66. The Balaban J connectivity index is 1.83. The van der Waals surface area contributed by atoms with Crippen molar-refractivity contribution < 1.29 is 24.1 Å². The molecule has 1 saturated heterocycles. The van der Waals surface area contributed by atoms with Gasteiger partial charge in [0.15, 0.2) is 6.61 Å². The number of rotatable bonds is 3. The van der Waals surface area contributed by atoms with E-state index in [1.54, 1.807) is 0 Å². The lowest BCUT2D eigenvalue weighted by molar-refractivity contribution is -0.132. The maximum absolute atomic E-state index is 12.6. The Morgan fingerprint density at radius 2 is 1.83 bits per heavy atom. The van der Waals surface area contributed by atoms with Gasteiger partial charge in [0.05, 0.1) is 12.2 Å². The van der Waals surface area contributed by atoms with Crippen molar-refractivity contribution in [1.29, 1.82) is 0 Å². The molecule has 5 nitrogen and oxygen atoms in total. The maximum atomic E-state index is 12.6. The molecule has 1 aliphatic rings. The van der Waals surface area contributed by atoms with Crippen molar-refractivity contribution in [2.45, 2.75) is 12.2 Å². The molecule has 1 heterocycles. The number of nitrogens with zero attached hydrogens (tertiary/aromatic N) is 1. The molecule has 0 aromatic heterocycles. The molecule has 2 atom stereocenters. The minimum absolute atomic E-state index is 0.104. The summed E-state index contributed by atoms with van der Waals surface area (Å²) in [6, 6.07) is 5.33. The number of carbonyl (C=O) groups excluding carboxylic acids is 1.